The predicted octanol–water partition coefficient (Wildman–Crippen LogP) is 1.47. The van der Waals surface area contributed by atoms with E-state index in [0.717, 1.165) is 12.2 Å². The van der Waals surface area contributed by atoms with Gasteiger partial charge >= 0.3 is 0 Å². The second kappa shape index (κ2) is 25.2. The van der Waals surface area contributed by atoms with Crippen LogP contribution in [-0.2, 0) is 28.7 Å². The van der Waals surface area contributed by atoms with Crippen LogP contribution in [0.1, 0.15) is 64.2 Å². The van der Waals surface area contributed by atoms with Gasteiger partial charge in [-0.2, -0.15) is 0 Å². The maximum atomic E-state index is 11.6. The fourth-order valence-electron chi connectivity index (χ4n) is 4.51. The molecule has 0 aliphatic rings. The molecule has 0 heterocycles. The van der Waals surface area contributed by atoms with E-state index < -0.39 is 41.6 Å². The number of hydrogen-bond donors (Lipinski definition) is 6. The molecule has 4 atom stereocenters. The number of amides is 2. The molecule has 2 amide bonds. The zero-order valence-corrected chi connectivity index (χ0v) is 26.5. The number of hydrogen-bond acceptors (Lipinski definition) is 10. The Morgan fingerprint density at radius 3 is 1.31 bits per heavy atom. The number of carbonyl (C=O) groups is 4. The zero-order chi connectivity index (χ0) is 34.1. The van der Waals surface area contributed by atoms with Gasteiger partial charge in [-0.3, -0.25) is 19.2 Å². The van der Waals surface area contributed by atoms with Gasteiger partial charge in [0.05, 0.1) is 50.8 Å². The third-order valence-electron chi connectivity index (χ3n) is 7.22. The molecule has 0 radical (unpaired) electrons. The first-order chi connectivity index (χ1) is 21.4. The Morgan fingerprint density at radius 2 is 0.978 bits per heavy atom. The van der Waals surface area contributed by atoms with Crippen molar-refractivity contribution in [3.05, 3.63) is 50.6 Å². The summed E-state index contributed by atoms with van der Waals surface area (Å²) in [6.07, 6.45) is 5.15. The summed E-state index contributed by atoms with van der Waals surface area (Å²) in [4.78, 5) is 46.0. The summed E-state index contributed by atoms with van der Waals surface area (Å²) in [5, 5.41) is 46.5. The van der Waals surface area contributed by atoms with E-state index in [9.17, 15) is 39.6 Å². The van der Waals surface area contributed by atoms with Gasteiger partial charge in [0.25, 0.3) is 0 Å². The monoisotopic (exact) mass is 638 g/mol. The maximum absolute atomic E-state index is 11.6. The van der Waals surface area contributed by atoms with Crippen LogP contribution in [0.5, 0.6) is 0 Å². The van der Waals surface area contributed by atoms with Crippen LogP contribution in [0.25, 0.3) is 0 Å². The van der Waals surface area contributed by atoms with Crippen LogP contribution >= 0.6 is 0 Å². The molecule has 0 aromatic carbocycles. The van der Waals surface area contributed by atoms with Crippen molar-refractivity contribution in [3.8, 4) is 0 Å². The highest BCUT2D eigenvalue weighted by Crippen LogP contribution is 2.33. The van der Waals surface area contributed by atoms with Crippen molar-refractivity contribution in [2.45, 2.75) is 88.6 Å². The molecule has 0 fully saturated rings. The van der Waals surface area contributed by atoms with Crippen molar-refractivity contribution in [3.63, 3.8) is 0 Å². The van der Waals surface area contributed by atoms with Crippen molar-refractivity contribution in [2.24, 2.45) is 5.41 Å². The van der Waals surface area contributed by atoms with Crippen molar-refractivity contribution in [1.82, 2.24) is 10.6 Å². The molecule has 0 saturated heterocycles. The molecule has 0 saturated carbocycles. The summed E-state index contributed by atoms with van der Waals surface area (Å²) >= 11 is 0. The molecule has 12 nitrogen and oxygen atoms in total. The van der Waals surface area contributed by atoms with Gasteiger partial charge in [-0.05, 0) is 62.8 Å². The third kappa shape index (κ3) is 22.2. The quantitative estimate of drug-likeness (QED) is 0.0628. The first kappa shape index (κ1) is 42.0. The van der Waals surface area contributed by atoms with Gasteiger partial charge in [0.15, 0.2) is 11.6 Å². The maximum Gasteiger partial charge on any atom is 0.243 e. The molecule has 6 N–H and O–H groups in total. The van der Waals surface area contributed by atoms with E-state index in [-0.39, 0.29) is 63.9 Å². The molecule has 0 rings (SSSR count). The van der Waals surface area contributed by atoms with Crippen LogP contribution in [0.15, 0.2) is 50.6 Å². The summed E-state index contributed by atoms with van der Waals surface area (Å²) in [7, 11) is 0. The van der Waals surface area contributed by atoms with E-state index >= 15 is 0 Å². The fraction of sp³-hybridized carbons (Fsp3) is 0.636. The summed E-state index contributed by atoms with van der Waals surface area (Å²) in [5.74, 6) is -1.16. The molecule has 45 heavy (non-hydrogen) atoms. The first-order valence-electron chi connectivity index (χ1n) is 15.4. The van der Waals surface area contributed by atoms with E-state index in [4.69, 9.17) is 9.47 Å². The van der Waals surface area contributed by atoms with Crippen molar-refractivity contribution >= 4 is 23.4 Å². The van der Waals surface area contributed by atoms with E-state index in [1.54, 1.807) is 0 Å². The molecule has 0 spiro atoms. The van der Waals surface area contributed by atoms with Gasteiger partial charge < -0.3 is 40.5 Å². The van der Waals surface area contributed by atoms with Crippen LogP contribution < -0.4 is 10.6 Å². The largest absolute Gasteiger partial charge is 0.393 e. The highest BCUT2D eigenvalue weighted by Gasteiger charge is 2.32. The van der Waals surface area contributed by atoms with Crippen LogP contribution in [0.4, 0.5) is 0 Å². The Morgan fingerprint density at radius 1 is 0.600 bits per heavy atom. The SMILES string of the molecule is C=CC(=O)CCC(O)CCCC(CCCC(O)CCC(=O)C=C)(COCC(O)CNC(=O)C=C)COCC(O)CNC(=O)C=C. The smallest absolute Gasteiger partial charge is 0.243 e. The standard InChI is InChI=1S/C33H54N2O10/c1-5-25(36)13-15-27(38)11-9-17-33(18-10-12-28(39)16-14-26(37)6-2,23-44-21-29(40)19-34-31(42)7-3)24-45-22-30(41)20-35-32(43)8-4/h5-8,27-30,38-41H,1-4,9-24H2,(H,34,42)(H,35,43). The second-order valence-corrected chi connectivity index (χ2v) is 11.2. The average Bonchev–Trinajstić information content (AvgIpc) is 3.03. The minimum atomic E-state index is -0.990. The number of carbonyl (C=O) groups excluding carboxylic acids is 4. The van der Waals surface area contributed by atoms with Crippen LogP contribution in [0, 0.1) is 5.41 Å². The Bertz CT molecular complexity index is 789. The molecular weight excluding hydrogens is 584 g/mol. The van der Waals surface area contributed by atoms with E-state index in [1.165, 1.54) is 12.2 Å². The fourth-order valence-corrected chi connectivity index (χ4v) is 4.51. The molecule has 12 heteroatoms. The molecular formula is C33H54N2O10. The Labute approximate surface area is 267 Å². The van der Waals surface area contributed by atoms with Gasteiger partial charge in [0.1, 0.15) is 0 Å². The van der Waals surface area contributed by atoms with Gasteiger partial charge in [-0.1, -0.05) is 39.2 Å². The van der Waals surface area contributed by atoms with Crippen LogP contribution in [-0.4, -0.2) is 108 Å². The van der Waals surface area contributed by atoms with Gasteiger partial charge in [0, 0.05) is 31.3 Å². The summed E-state index contributed by atoms with van der Waals surface area (Å²) < 4.78 is 11.8. The lowest BCUT2D eigenvalue weighted by atomic mass is 9.78. The normalized spacial score (nSPS) is 15.0. The second-order valence-electron chi connectivity index (χ2n) is 11.2. The number of aliphatic hydroxyl groups excluding tert-OH is 4. The zero-order valence-electron chi connectivity index (χ0n) is 26.5. The van der Waals surface area contributed by atoms with E-state index in [1.807, 2.05) is 0 Å². The van der Waals surface area contributed by atoms with Crippen molar-refractivity contribution in [2.75, 3.05) is 39.5 Å². The van der Waals surface area contributed by atoms with E-state index in [0.29, 0.717) is 51.4 Å². The Kier molecular flexibility index (Phi) is 23.5. The van der Waals surface area contributed by atoms with Crippen LogP contribution in [0.3, 0.4) is 0 Å². The predicted molar refractivity (Wildman–Crippen MR) is 171 cm³/mol. The molecule has 0 aromatic rings. The molecule has 0 aromatic heterocycles. The first-order valence-corrected chi connectivity index (χ1v) is 15.4. The topological polar surface area (TPSA) is 192 Å². The van der Waals surface area contributed by atoms with Crippen molar-refractivity contribution < 1.29 is 49.1 Å². The highest BCUT2D eigenvalue weighted by molar-refractivity contribution is 5.89. The van der Waals surface area contributed by atoms with E-state index in [2.05, 4.69) is 36.9 Å². The number of allylic oxidation sites excluding steroid dienone is 2. The van der Waals surface area contributed by atoms with Gasteiger partial charge in [-0.25, -0.2) is 0 Å². The Balaban J connectivity index is 5.59. The summed E-state index contributed by atoms with van der Waals surface area (Å²) in [6, 6.07) is 0. The lowest BCUT2D eigenvalue weighted by Crippen LogP contribution is -2.39. The van der Waals surface area contributed by atoms with Gasteiger partial charge in [0.2, 0.25) is 11.8 Å². The number of aliphatic hydroxyl groups is 4. The third-order valence-corrected chi connectivity index (χ3v) is 7.22. The molecule has 4 unspecified atom stereocenters. The molecule has 0 bridgehead atoms. The van der Waals surface area contributed by atoms with Crippen molar-refractivity contribution in [1.29, 1.82) is 0 Å². The molecule has 256 valence electrons. The highest BCUT2D eigenvalue weighted by atomic mass is 16.5. The average molecular weight is 639 g/mol. The van der Waals surface area contributed by atoms with Gasteiger partial charge in [-0.15, -0.1) is 0 Å². The minimum Gasteiger partial charge on any atom is -0.393 e. The number of ether oxygens (including phenoxy) is 2. The number of ketones is 2. The summed E-state index contributed by atoms with van der Waals surface area (Å²) in [5.41, 5.74) is -0.665. The minimum absolute atomic E-state index is 0.0395. The molecule has 0 aliphatic heterocycles. The lowest BCUT2D eigenvalue weighted by molar-refractivity contribution is -0.117. The van der Waals surface area contributed by atoms with Crippen LogP contribution in [0.2, 0.25) is 0 Å². The number of nitrogens with one attached hydrogen (secondary N) is 2. The number of rotatable bonds is 30. The Hall–Kier alpha value is -3.00. The molecule has 0 aliphatic carbocycles. The lowest BCUT2D eigenvalue weighted by Gasteiger charge is -2.35. The summed E-state index contributed by atoms with van der Waals surface area (Å²) in [6.45, 7) is 13.6.